The minimum absolute atomic E-state index is 0.117. The maximum Gasteiger partial charge on any atom is 0.340 e. The number of ether oxygens (including phenoxy) is 1. The lowest BCUT2D eigenvalue weighted by atomic mass is 10.2. The van der Waals surface area contributed by atoms with Crippen LogP contribution < -0.4 is 10.6 Å². The Balaban J connectivity index is 1.58. The highest BCUT2D eigenvalue weighted by atomic mass is 79.9. The summed E-state index contributed by atoms with van der Waals surface area (Å²) in [5.74, 6) is -1.67. The van der Waals surface area contributed by atoms with Crippen LogP contribution in [0.4, 0.5) is 11.4 Å². The number of amides is 2. The molecule has 0 saturated carbocycles. The molecule has 0 bridgehead atoms. The molecule has 0 aliphatic heterocycles. The molecule has 0 spiro atoms. The second-order valence-electron chi connectivity index (χ2n) is 5.71. The predicted octanol–water partition coefficient (Wildman–Crippen LogP) is 1.87. The van der Waals surface area contributed by atoms with Gasteiger partial charge in [-0.15, -0.1) is 5.10 Å². The molecule has 11 heteroatoms. The normalized spacial score (nSPS) is 10.2. The highest BCUT2D eigenvalue weighted by Crippen LogP contribution is 2.21. The fourth-order valence-corrected chi connectivity index (χ4v) is 2.70. The molecular weight excluding hydrogens is 444 g/mol. The Morgan fingerprint density at radius 2 is 1.66 bits per heavy atom. The lowest BCUT2D eigenvalue weighted by molar-refractivity contribution is -0.119. The van der Waals surface area contributed by atoms with Crippen molar-refractivity contribution in [2.24, 2.45) is 0 Å². The van der Waals surface area contributed by atoms with Crippen LogP contribution in [-0.4, -0.2) is 44.6 Å². The number of anilines is 2. The molecule has 1 heterocycles. The van der Waals surface area contributed by atoms with E-state index < -0.39 is 24.4 Å². The van der Waals surface area contributed by atoms with Crippen molar-refractivity contribution in [3.8, 4) is 0 Å². The van der Waals surface area contributed by atoms with Crippen LogP contribution in [0.15, 0.2) is 59.3 Å². The molecule has 148 valence electrons. The Morgan fingerprint density at radius 1 is 0.966 bits per heavy atom. The van der Waals surface area contributed by atoms with Gasteiger partial charge in [-0.1, -0.05) is 24.3 Å². The molecule has 29 heavy (non-hydrogen) atoms. The number of rotatable bonds is 7. The third-order valence-electron chi connectivity index (χ3n) is 3.60. The van der Waals surface area contributed by atoms with Crippen molar-refractivity contribution in [1.29, 1.82) is 0 Å². The molecule has 0 fully saturated rings. The van der Waals surface area contributed by atoms with E-state index in [-0.39, 0.29) is 17.8 Å². The van der Waals surface area contributed by atoms with Gasteiger partial charge in [0.15, 0.2) is 6.61 Å². The third-order valence-corrected chi connectivity index (χ3v) is 4.29. The molecular formula is C18H15BrN6O4. The molecule has 3 rings (SSSR count). The zero-order chi connectivity index (χ0) is 20.6. The number of hydrogen-bond donors (Lipinski definition) is 2. The summed E-state index contributed by atoms with van der Waals surface area (Å²) < 4.78 is 7.02. The van der Waals surface area contributed by atoms with Gasteiger partial charge in [0.1, 0.15) is 12.9 Å². The Bertz CT molecular complexity index is 1020. The quantitative estimate of drug-likeness (QED) is 0.517. The van der Waals surface area contributed by atoms with Gasteiger partial charge in [0.2, 0.25) is 5.91 Å². The number of hydrogen-bond acceptors (Lipinski definition) is 7. The predicted molar refractivity (Wildman–Crippen MR) is 106 cm³/mol. The van der Waals surface area contributed by atoms with E-state index in [1.165, 1.54) is 17.1 Å². The Labute approximate surface area is 173 Å². The molecule has 2 amide bonds. The number of halogens is 1. The van der Waals surface area contributed by atoms with Gasteiger partial charge in [-0.3, -0.25) is 9.59 Å². The van der Waals surface area contributed by atoms with Crippen molar-refractivity contribution >= 4 is 45.1 Å². The van der Waals surface area contributed by atoms with Crippen molar-refractivity contribution < 1.29 is 19.1 Å². The van der Waals surface area contributed by atoms with Crippen molar-refractivity contribution in [3.63, 3.8) is 0 Å². The Kier molecular flexibility index (Phi) is 6.63. The summed E-state index contributed by atoms with van der Waals surface area (Å²) in [6.07, 6.45) is 1.30. The summed E-state index contributed by atoms with van der Waals surface area (Å²) in [7, 11) is 0. The molecule has 3 aromatic rings. The molecule has 0 saturated heterocycles. The second kappa shape index (κ2) is 9.55. The van der Waals surface area contributed by atoms with Crippen LogP contribution in [0.5, 0.6) is 0 Å². The SMILES string of the molecule is O=C(COC(=O)c1ccccc1NC(=O)Cn1cnnn1)Nc1ccccc1Br. The van der Waals surface area contributed by atoms with Crippen LogP contribution in [0.1, 0.15) is 10.4 Å². The van der Waals surface area contributed by atoms with E-state index in [0.717, 1.165) is 0 Å². The number of carbonyl (C=O) groups is 3. The number of benzene rings is 2. The first-order valence-electron chi connectivity index (χ1n) is 8.34. The van der Waals surface area contributed by atoms with Crippen molar-refractivity contribution in [2.75, 3.05) is 17.2 Å². The van der Waals surface area contributed by atoms with Gasteiger partial charge in [-0.25, -0.2) is 9.48 Å². The van der Waals surface area contributed by atoms with Crippen molar-refractivity contribution in [1.82, 2.24) is 20.2 Å². The molecule has 0 unspecified atom stereocenters. The van der Waals surface area contributed by atoms with E-state index in [4.69, 9.17) is 4.74 Å². The minimum atomic E-state index is -0.745. The fraction of sp³-hybridized carbons (Fsp3) is 0.111. The monoisotopic (exact) mass is 458 g/mol. The third kappa shape index (κ3) is 5.69. The Hall–Kier alpha value is -3.60. The van der Waals surface area contributed by atoms with Gasteiger partial charge in [0.25, 0.3) is 5.91 Å². The molecule has 0 radical (unpaired) electrons. The molecule has 0 atom stereocenters. The number of esters is 1. The molecule has 2 N–H and O–H groups in total. The van der Waals surface area contributed by atoms with E-state index in [1.54, 1.807) is 36.4 Å². The number of aromatic nitrogens is 4. The second-order valence-corrected chi connectivity index (χ2v) is 6.56. The average molecular weight is 459 g/mol. The Morgan fingerprint density at radius 3 is 2.38 bits per heavy atom. The standard InChI is InChI=1S/C18H15BrN6O4/c19-13-6-2-4-8-15(13)22-17(27)10-29-18(28)12-5-1-3-7-14(12)21-16(26)9-25-11-20-23-24-25/h1-8,11H,9-10H2,(H,21,26)(H,22,27). The maximum atomic E-state index is 12.4. The summed E-state index contributed by atoms with van der Waals surface area (Å²) in [5.41, 5.74) is 0.928. The van der Waals surface area contributed by atoms with E-state index in [0.29, 0.717) is 10.2 Å². The largest absolute Gasteiger partial charge is 0.452 e. The first-order valence-corrected chi connectivity index (χ1v) is 9.13. The van der Waals surface area contributed by atoms with E-state index >= 15 is 0 Å². The molecule has 2 aromatic carbocycles. The highest BCUT2D eigenvalue weighted by molar-refractivity contribution is 9.10. The number of nitrogens with one attached hydrogen (secondary N) is 2. The topological polar surface area (TPSA) is 128 Å². The lowest BCUT2D eigenvalue weighted by Gasteiger charge is -2.11. The van der Waals surface area contributed by atoms with E-state index in [1.807, 2.05) is 6.07 Å². The van der Waals surface area contributed by atoms with Gasteiger partial charge >= 0.3 is 5.97 Å². The van der Waals surface area contributed by atoms with Crippen LogP contribution in [0, 0.1) is 0 Å². The number of para-hydroxylation sites is 2. The van der Waals surface area contributed by atoms with Gasteiger partial charge in [-0.05, 0) is 50.6 Å². The summed E-state index contributed by atoms with van der Waals surface area (Å²) in [4.78, 5) is 36.5. The van der Waals surface area contributed by atoms with Crippen LogP contribution in [0.25, 0.3) is 0 Å². The van der Waals surface area contributed by atoms with Crippen LogP contribution >= 0.6 is 15.9 Å². The van der Waals surface area contributed by atoms with Crippen LogP contribution in [0.2, 0.25) is 0 Å². The minimum Gasteiger partial charge on any atom is -0.452 e. The molecule has 0 aliphatic carbocycles. The van der Waals surface area contributed by atoms with Gasteiger partial charge in [0, 0.05) is 4.47 Å². The first-order chi connectivity index (χ1) is 14.0. The summed E-state index contributed by atoms with van der Waals surface area (Å²) in [6, 6.07) is 13.4. The van der Waals surface area contributed by atoms with Crippen LogP contribution in [-0.2, 0) is 20.9 Å². The van der Waals surface area contributed by atoms with Gasteiger partial charge in [-0.2, -0.15) is 0 Å². The molecule has 10 nitrogen and oxygen atoms in total. The maximum absolute atomic E-state index is 12.4. The zero-order valence-electron chi connectivity index (χ0n) is 14.9. The first kappa shape index (κ1) is 20.1. The summed E-state index contributed by atoms with van der Waals surface area (Å²) in [6.45, 7) is -0.599. The van der Waals surface area contributed by atoms with Crippen LogP contribution in [0.3, 0.4) is 0 Å². The number of nitrogens with zero attached hydrogens (tertiary/aromatic N) is 4. The average Bonchev–Trinajstić information content (AvgIpc) is 3.21. The van der Waals surface area contributed by atoms with Crippen molar-refractivity contribution in [2.45, 2.75) is 6.54 Å². The molecule has 0 aliphatic rings. The number of carbonyl (C=O) groups excluding carboxylic acids is 3. The fourth-order valence-electron chi connectivity index (χ4n) is 2.32. The molecule has 1 aromatic heterocycles. The van der Waals surface area contributed by atoms with Gasteiger partial charge in [0.05, 0.1) is 16.9 Å². The summed E-state index contributed by atoms with van der Waals surface area (Å²) >= 11 is 3.32. The van der Waals surface area contributed by atoms with Crippen molar-refractivity contribution in [3.05, 3.63) is 64.9 Å². The highest BCUT2D eigenvalue weighted by Gasteiger charge is 2.16. The van der Waals surface area contributed by atoms with Gasteiger partial charge < -0.3 is 15.4 Å². The zero-order valence-corrected chi connectivity index (χ0v) is 16.5. The lowest BCUT2D eigenvalue weighted by Crippen LogP contribution is -2.23. The van der Waals surface area contributed by atoms with E-state index in [9.17, 15) is 14.4 Å². The number of tetrazole rings is 1. The smallest absolute Gasteiger partial charge is 0.340 e. The van der Waals surface area contributed by atoms with E-state index in [2.05, 4.69) is 42.1 Å². The summed E-state index contributed by atoms with van der Waals surface area (Å²) in [5, 5.41) is 15.7.